The summed E-state index contributed by atoms with van der Waals surface area (Å²) < 4.78 is 13.4. The lowest BCUT2D eigenvalue weighted by atomic mass is 9.90. The summed E-state index contributed by atoms with van der Waals surface area (Å²) in [4.78, 5) is 14.2. The number of halogens is 1. The van der Waals surface area contributed by atoms with E-state index in [0.29, 0.717) is 6.42 Å². The summed E-state index contributed by atoms with van der Waals surface area (Å²) in [5.41, 5.74) is 0.856. The summed E-state index contributed by atoms with van der Waals surface area (Å²) in [7, 11) is 0. The second kappa shape index (κ2) is 6.51. The van der Waals surface area contributed by atoms with Crippen LogP contribution in [0.25, 0.3) is 0 Å². The number of hydrogen-bond donors (Lipinski definition) is 0. The maximum Gasteiger partial charge on any atom is 0.227 e. The van der Waals surface area contributed by atoms with Crippen molar-refractivity contribution in [3.05, 3.63) is 61.0 Å². The zero-order chi connectivity index (χ0) is 14.5. The summed E-state index contributed by atoms with van der Waals surface area (Å²) >= 11 is 0. The SMILES string of the molecule is C=CCC(=O)N1[C@H](C=C)CCC[C@@H]1c1cccc(F)c1. The van der Waals surface area contributed by atoms with Crippen LogP contribution in [0, 0.1) is 5.82 Å². The molecule has 1 aromatic carbocycles. The summed E-state index contributed by atoms with van der Waals surface area (Å²) in [6.45, 7) is 7.45. The summed E-state index contributed by atoms with van der Waals surface area (Å²) in [5, 5.41) is 0. The zero-order valence-electron chi connectivity index (χ0n) is 11.6. The quantitative estimate of drug-likeness (QED) is 0.759. The van der Waals surface area contributed by atoms with Gasteiger partial charge in [-0.15, -0.1) is 13.2 Å². The van der Waals surface area contributed by atoms with Crippen LogP contribution in [0.15, 0.2) is 49.6 Å². The summed E-state index contributed by atoms with van der Waals surface area (Å²) in [6, 6.07) is 6.46. The second-order valence-corrected chi connectivity index (χ2v) is 5.10. The maximum absolute atomic E-state index is 13.4. The largest absolute Gasteiger partial charge is 0.329 e. The molecule has 1 aliphatic heterocycles. The van der Waals surface area contributed by atoms with Crippen molar-refractivity contribution in [2.24, 2.45) is 0 Å². The highest BCUT2D eigenvalue weighted by atomic mass is 19.1. The molecule has 2 rings (SSSR count). The van der Waals surface area contributed by atoms with Crippen LogP contribution in [0.4, 0.5) is 4.39 Å². The molecule has 1 aliphatic rings. The Morgan fingerprint density at radius 3 is 2.85 bits per heavy atom. The molecule has 1 saturated heterocycles. The van der Waals surface area contributed by atoms with Crippen molar-refractivity contribution in [2.75, 3.05) is 0 Å². The van der Waals surface area contributed by atoms with E-state index in [4.69, 9.17) is 0 Å². The van der Waals surface area contributed by atoms with Crippen molar-refractivity contribution < 1.29 is 9.18 Å². The van der Waals surface area contributed by atoms with E-state index < -0.39 is 0 Å². The van der Waals surface area contributed by atoms with Crippen LogP contribution in [0.3, 0.4) is 0 Å². The highest BCUT2D eigenvalue weighted by molar-refractivity contribution is 5.78. The van der Waals surface area contributed by atoms with E-state index in [9.17, 15) is 9.18 Å². The average Bonchev–Trinajstić information content (AvgIpc) is 2.46. The minimum atomic E-state index is -0.264. The van der Waals surface area contributed by atoms with Gasteiger partial charge in [0.2, 0.25) is 5.91 Å². The first-order valence-corrected chi connectivity index (χ1v) is 6.97. The van der Waals surface area contributed by atoms with Gasteiger partial charge >= 0.3 is 0 Å². The van der Waals surface area contributed by atoms with E-state index in [2.05, 4.69) is 13.2 Å². The molecule has 0 unspecified atom stereocenters. The number of carbonyl (C=O) groups excluding carboxylic acids is 1. The molecule has 2 nitrogen and oxygen atoms in total. The van der Waals surface area contributed by atoms with Crippen molar-refractivity contribution in [3.8, 4) is 0 Å². The molecule has 0 saturated carbocycles. The van der Waals surface area contributed by atoms with Crippen molar-refractivity contribution in [2.45, 2.75) is 37.8 Å². The van der Waals surface area contributed by atoms with E-state index in [-0.39, 0.29) is 23.8 Å². The number of piperidine rings is 1. The predicted molar refractivity (Wildman–Crippen MR) is 78.6 cm³/mol. The molecule has 0 aliphatic carbocycles. The van der Waals surface area contributed by atoms with Crippen LogP contribution in [0.1, 0.15) is 37.3 Å². The standard InChI is InChI=1S/C17H20FNO/c1-3-7-17(20)19-15(4-2)10-6-11-16(19)13-8-5-9-14(18)12-13/h3-5,8-9,12,15-16H,1-2,6-7,10-11H2/t15-,16-/m1/s1. The Balaban J connectivity index is 2.34. The molecule has 1 aromatic rings. The predicted octanol–water partition coefficient (Wildman–Crippen LogP) is 4.01. The van der Waals surface area contributed by atoms with Crippen LogP contribution in [-0.2, 0) is 4.79 Å². The Labute approximate surface area is 119 Å². The molecule has 0 N–H and O–H groups in total. The Morgan fingerprint density at radius 2 is 2.20 bits per heavy atom. The Kier molecular flexibility index (Phi) is 4.72. The van der Waals surface area contributed by atoms with E-state index in [1.54, 1.807) is 12.1 Å². The van der Waals surface area contributed by atoms with Crippen LogP contribution >= 0.6 is 0 Å². The number of hydrogen-bond acceptors (Lipinski definition) is 1. The van der Waals surface area contributed by atoms with Gasteiger partial charge in [-0.05, 0) is 37.0 Å². The molecule has 1 fully saturated rings. The molecule has 3 heteroatoms. The number of benzene rings is 1. The molecule has 106 valence electrons. The maximum atomic E-state index is 13.4. The van der Waals surface area contributed by atoms with E-state index in [1.165, 1.54) is 12.1 Å². The Hall–Kier alpha value is -1.90. The monoisotopic (exact) mass is 273 g/mol. The molecule has 0 aromatic heterocycles. The lowest BCUT2D eigenvalue weighted by molar-refractivity contribution is -0.136. The van der Waals surface area contributed by atoms with Crippen LogP contribution in [-0.4, -0.2) is 16.8 Å². The number of likely N-dealkylation sites (tertiary alicyclic amines) is 1. The number of nitrogens with zero attached hydrogens (tertiary/aromatic N) is 1. The van der Waals surface area contributed by atoms with Crippen LogP contribution < -0.4 is 0 Å². The van der Waals surface area contributed by atoms with Gasteiger partial charge in [0, 0.05) is 6.42 Å². The third-order valence-corrected chi connectivity index (χ3v) is 3.78. The second-order valence-electron chi connectivity index (χ2n) is 5.10. The Bertz CT molecular complexity index is 511. The van der Waals surface area contributed by atoms with Crippen molar-refractivity contribution in [3.63, 3.8) is 0 Å². The molecular formula is C17H20FNO. The van der Waals surface area contributed by atoms with Crippen LogP contribution in [0.5, 0.6) is 0 Å². The summed E-state index contributed by atoms with van der Waals surface area (Å²) in [6.07, 6.45) is 6.51. The van der Waals surface area contributed by atoms with Crippen LogP contribution in [0.2, 0.25) is 0 Å². The first kappa shape index (κ1) is 14.5. The lowest BCUT2D eigenvalue weighted by Gasteiger charge is -2.41. The highest BCUT2D eigenvalue weighted by Gasteiger charge is 2.32. The molecule has 20 heavy (non-hydrogen) atoms. The van der Waals surface area contributed by atoms with E-state index in [1.807, 2.05) is 17.0 Å². The molecule has 0 bridgehead atoms. The van der Waals surface area contributed by atoms with Gasteiger partial charge in [-0.2, -0.15) is 0 Å². The molecule has 1 heterocycles. The minimum absolute atomic E-state index is 0.0180. The Morgan fingerprint density at radius 1 is 1.40 bits per heavy atom. The van der Waals surface area contributed by atoms with Gasteiger partial charge in [-0.1, -0.05) is 24.3 Å². The molecule has 0 radical (unpaired) electrons. The number of carbonyl (C=O) groups is 1. The summed E-state index contributed by atoms with van der Waals surface area (Å²) in [5.74, 6) is -0.238. The van der Waals surface area contributed by atoms with Gasteiger partial charge in [0.1, 0.15) is 5.82 Å². The molecule has 1 amide bonds. The van der Waals surface area contributed by atoms with E-state index in [0.717, 1.165) is 24.8 Å². The topological polar surface area (TPSA) is 20.3 Å². The lowest BCUT2D eigenvalue weighted by Crippen LogP contribution is -2.44. The number of amides is 1. The van der Waals surface area contributed by atoms with Crippen molar-refractivity contribution in [1.82, 2.24) is 4.90 Å². The van der Waals surface area contributed by atoms with E-state index >= 15 is 0 Å². The molecule has 0 spiro atoms. The van der Waals surface area contributed by atoms with Gasteiger partial charge in [0.15, 0.2) is 0 Å². The zero-order valence-corrected chi connectivity index (χ0v) is 11.6. The smallest absolute Gasteiger partial charge is 0.227 e. The third-order valence-electron chi connectivity index (χ3n) is 3.78. The normalized spacial score (nSPS) is 22.4. The number of rotatable bonds is 4. The minimum Gasteiger partial charge on any atom is -0.329 e. The molecule has 2 atom stereocenters. The van der Waals surface area contributed by atoms with Gasteiger partial charge in [0.25, 0.3) is 0 Å². The fraction of sp³-hybridized carbons (Fsp3) is 0.353. The fourth-order valence-electron chi connectivity index (χ4n) is 2.89. The molecular weight excluding hydrogens is 253 g/mol. The highest BCUT2D eigenvalue weighted by Crippen LogP contribution is 2.35. The van der Waals surface area contributed by atoms with Gasteiger partial charge in [-0.25, -0.2) is 4.39 Å². The van der Waals surface area contributed by atoms with Crippen molar-refractivity contribution in [1.29, 1.82) is 0 Å². The van der Waals surface area contributed by atoms with Crippen molar-refractivity contribution >= 4 is 5.91 Å². The van der Waals surface area contributed by atoms with Gasteiger partial charge in [0.05, 0.1) is 12.1 Å². The van der Waals surface area contributed by atoms with Gasteiger partial charge < -0.3 is 4.90 Å². The average molecular weight is 273 g/mol. The first-order valence-electron chi connectivity index (χ1n) is 6.97. The third kappa shape index (κ3) is 2.98. The van der Waals surface area contributed by atoms with Gasteiger partial charge in [-0.3, -0.25) is 4.79 Å². The fourth-order valence-corrected chi connectivity index (χ4v) is 2.89. The first-order chi connectivity index (χ1) is 9.67.